The zero-order chi connectivity index (χ0) is 18.6. The van der Waals surface area contributed by atoms with Crippen molar-refractivity contribution in [3.8, 4) is 5.75 Å². The molecule has 0 N–H and O–H groups in total. The molecule has 0 unspecified atom stereocenters. The van der Waals surface area contributed by atoms with Crippen LogP contribution in [-0.2, 0) is 11.2 Å². The monoisotopic (exact) mass is 365 g/mol. The number of ether oxygens (including phenoxy) is 1. The van der Waals surface area contributed by atoms with E-state index in [2.05, 4.69) is 16.0 Å². The smallest absolute Gasteiger partial charge is 0.223 e. The highest BCUT2D eigenvalue weighted by Crippen LogP contribution is 2.28. The first kappa shape index (κ1) is 17.4. The topological polar surface area (TPSA) is 58.8 Å². The summed E-state index contributed by atoms with van der Waals surface area (Å²) in [5.74, 6) is 1.64. The van der Waals surface area contributed by atoms with Crippen molar-refractivity contribution in [1.29, 1.82) is 0 Å². The quantitative estimate of drug-likeness (QED) is 0.695. The fourth-order valence-corrected chi connectivity index (χ4v) is 3.49. The van der Waals surface area contributed by atoms with Gasteiger partial charge in [0, 0.05) is 39.0 Å². The molecule has 140 valence electrons. The zero-order valence-electron chi connectivity index (χ0n) is 15.4. The van der Waals surface area contributed by atoms with Crippen LogP contribution in [0.2, 0.25) is 0 Å². The number of hydrogen-bond acceptors (Lipinski definition) is 5. The second-order valence-electron chi connectivity index (χ2n) is 6.62. The molecule has 2 aromatic carbocycles. The third-order valence-electron chi connectivity index (χ3n) is 4.95. The highest BCUT2D eigenvalue weighted by molar-refractivity contribution is 5.77. The lowest BCUT2D eigenvalue weighted by atomic mass is 10.2. The zero-order valence-corrected chi connectivity index (χ0v) is 15.4. The minimum Gasteiger partial charge on any atom is -0.495 e. The van der Waals surface area contributed by atoms with E-state index in [9.17, 15) is 4.79 Å². The van der Waals surface area contributed by atoms with Gasteiger partial charge in [-0.1, -0.05) is 24.3 Å². The first-order valence-electron chi connectivity index (χ1n) is 9.25. The lowest BCUT2D eigenvalue weighted by Gasteiger charge is -2.36. The Balaban J connectivity index is 1.32. The minimum absolute atomic E-state index is 0.150. The highest BCUT2D eigenvalue weighted by Gasteiger charge is 2.23. The van der Waals surface area contributed by atoms with Gasteiger partial charge >= 0.3 is 0 Å². The fraction of sp³-hybridized carbons (Fsp3) is 0.333. The maximum absolute atomic E-state index is 12.6. The number of amides is 1. The summed E-state index contributed by atoms with van der Waals surface area (Å²) in [6.07, 6.45) is 0.946. The Morgan fingerprint density at radius 2 is 1.81 bits per heavy atom. The molecule has 0 radical (unpaired) electrons. The summed E-state index contributed by atoms with van der Waals surface area (Å²) >= 11 is 0. The lowest BCUT2D eigenvalue weighted by Crippen LogP contribution is -2.48. The molecule has 3 aromatic rings. The van der Waals surface area contributed by atoms with Gasteiger partial charge in [0.25, 0.3) is 0 Å². The molecule has 0 atom stereocenters. The van der Waals surface area contributed by atoms with Crippen LogP contribution in [0.4, 0.5) is 5.69 Å². The summed E-state index contributed by atoms with van der Waals surface area (Å²) in [6, 6.07) is 15.7. The summed E-state index contributed by atoms with van der Waals surface area (Å²) < 4.78 is 11.1. The summed E-state index contributed by atoms with van der Waals surface area (Å²) in [4.78, 5) is 21.2. The van der Waals surface area contributed by atoms with Gasteiger partial charge < -0.3 is 19.0 Å². The number of anilines is 1. The first-order valence-corrected chi connectivity index (χ1v) is 9.25. The Bertz CT molecular complexity index is 896. The van der Waals surface area contributed by atoms with E-state index in [0.29, 0.717) is 31.8 Å². The van der Waals surface area contributed by atoms with Crippen LogP contribution in [0.3, 0.4) is 0 Å². The molecule has 1 fully saturated rings. The Hall–Kier alpha value is -3.02. The number of methoxy groups -OCH3 is 1. The number of para-hydroxylation sites is 4. The number of carbonyl (C=O) groups excluding carboxylic acids is 1. The summed E-state index contributed by atoms with van der Waals surface area (Å²) in [6.45, 7) is 3.03. The molecule has 1 aliphatic rings. The average Bonchev–Trinajstić information content (AvgIpc) is 3.15. The number of carbonyl (C=O) groups is 1. The van der Waals surface area contributed by atoms with Crippen LogP contribution in [0.5, 0.6) is 5.75 Å². The van der Waals surface area contributed by atoms with Gasteiger partial charge in [0.15, 0.2) is 11.5 Å². The molecule has 0 aliphatic carbocycles. The van der Waals surface area contributed by atoms with E-state index in [1.165, 1.54) is 0 Å². The number of aryl methyl sites for hydroxylation is 1. The van der Waals surface area contributed by atoms with Crippen molar-refractivity contribution >= 4 is 22.7 Å². The Labute approximate surface area is 158 Å². The van der Waals surface area contributed by atoms with Crippen molar-refractivity contribution in [2.24, 2.45) is 0 Å². The number of fused-ring (bicyclic) bond motifs is 1. The van der Waals surface area contributed by atoms with Crippen LogP contribution in [0.1, 0.15) is 12.3 Å². The van der Waals surface area contributed by atoms with Gasteiger partial charge in [-0.25, -0.2) is 4.98 Å². The third-order valence-corrected chi connectivity index (χ3v) is 4.95. The molecule has 1 saturated heterocycles. The molecule has 1 aliphatic heterocycles. The largest absolute Gasteiger partial charge is 0.495 e. The molecule has 0 bridgehead atoms. The van der Waals surface area contributed by atoms with Gasteiger partial charge in [-0.2, -0.15) is 0 Å². The van der Waals surface area contributed by atoms with Gasteiger partial charge in [-0.05, 0) is 24.3 Å². The number of oxazole rings is 1. The number of benzene rings is 2. The molecule has 0 spiro atoms. The number of nitrogens with zero attached hydrogens (tertiary/aromatic N) is 3. The second-order valence-corrected chi connectivity index (χ2v) is 6.62. The molecule has 4 rings (SSSR count). The summed E-state index contributed by atoms with van der Waals surface area (Å²) in [5, 5.41) is 0. The average molecular weight is 365 g/mol. The number of aromatic nitrogens is 1. The molecule has 1 amide bonds. The van der Waals surface area contributed by atoms with Crippen LogP contribution in [0, 0.1) is 0 Å². The van der Waals surface area contributed by atoms with E-state index in [-0.39, 0.29) is 5.91 Å². The van der Waals surface area contributed by atoms with Crippen LogP contribution in [-0.4, -0.2) is 49.1 Å². The summed E-state index contributed by atoms with van der Waals surface area (Å²) in [5.41, 5.74) is 2.69. The Kier molecular flexibility index (Phi) is 4.96. The Morgan fingerprint density at radius 1 is 1.07 bits per heavy atom. The standard InChI is InChI=1S/C21H23N3O3/c1-26-19-9-5-3-7-17(19)23-12-14-24(15-13-23)21(25)11-10-20-22-16-6-2-4-8-18(16)27-20/h2-9H,10-15H2,1H3. The van der Waals surface area contributed by atoms with Crippen LogP contribution < -0.4 is 9.64 Å². The van der Waals surface area contributed by atoms with E-state index in [1.54, 1.807) is 7.11 Å². The molecule has 0 saturated carbocycles. The maximum Gasteiger partial charge on any atom is 0.223 e. The van der Waals surface area contributed by atoms with E-state index in [1.807, 2.05) is 47.4 Å². The fourth-order valence-electron chi connectivity index (χ4n) is 3.49. The molecule has 2 heterocycles. The predicted molar refractivity (Wildman–Crippen MR) is 104 cm³/mol. The van der Waals surface area contributed by atoms with Gasteiger partial charge in [-0.15, -0.1) is 0 Å². The minimum atomic E-state index is 0.150. The number of hydrogen-bond donors (Lipinski definition) is 0. The molecule has 6 nitrogen and oxygen atoms in total. The van der Waals surface area contributed by atoms with Crippen molar-refractivity contribution < 1.29 is 13.9 Å². The molecular weight excluding hydrogens is 342 g/mol. The lowest BCUT2D eigenvalue weighted by molar-refractivity contribution is -0.131. The van der Waals surface area contributed by atoms with Crippen molar-refractivity contribution in [2.45, 2.75) is 12.8 Å². The number of piperazine rings is 1. The SMILES string of the molecule is COc1ccccc1N1CCN(C(=O)CCc2nc3ccccc3o2)CC1. The van der Waals surface area contributed by atoms with E-state index < -0.39 is 0 Å². The maximum atomic E-state index is 12.6. The van der Waals surface area contributed by atoms with E-state index in [4.69, 9.17) is 9.15 Å². The highest BCUT2D eigenvalue weighted by atomic mass is 16.5. The van der Waals surface area contributed by atoms with Gasteiger partial charge in [0.05, 0.1) is 12.8 Å². The van der Waals surface area contributed by atoms with E-state index >= 15 is 0 Å². The summed E-state index contributed by atoms with van der Waals surface area (Å²) in [7, 11) is 1.69. The normalized spacial score (nSPS) is 14.6. The molecule has 6 heteroatoms. The Morgan fingerprint density at radius 3 is 2.59 bits per heavy atom. The number of rotatable bonds is 5. The molecule has 27 heavy (non-hydrogen) atoms. The second kappa shape index (κ2) is 7.70. The molecular formula is C21H23N3O3. The first-order chi connectivity index (χ1) is 13.2. The van der Waals surface area contributed by atoms with Crippen LogP contribution in [0.15, 0.2) is 52.9 Å². The molecule has 1 aromatic heterocycles. The van der Waals surface area contributed by atoms with Crippen molar-refractivity contribution in [3.63, 3.8) is 0 Å². The van der Waals surface area contributed by atoms with Crippen LogP contribution >= 0.6 is 0 Å². The van der Waals surface area contributed by atoms with Gasteiger partial charge in [0.2, 0.25) is 5.91 Å². The predicted octanol–water partition coefficient (Wildman–Crippen LogP) is 3.12. The van der Waals surface area contributed by atoms with Crippen molar-refractivity contribution in [2.75, 3.05) is 38.2 Å². The van der Waals surface area contributed by atoms with Crippen LogP contribution in [0.25, 0.3) is 11.1 Å². The van der Waals surface area contributed by atoms with E-state index in [0.717, 1.165) is 35.6 Å². The van der Waals surface area contributed by atoms with Crippen molar-refractivity contribution in [3.05, 3.63) is 54.4 Å². The third kappa shape index (κ3) is 3.74. The van der Waals surface area contributed by atoms with Crippen molar-refractivity contribution in [1.82, 2.24) is 9.88 Å². The van der Waals surface area contributed by atoms with Gasteiger partial charge in [-0.3, -0.25) is 4.79 Å². The van der Waals surface area contributed by atoms with Gasteiger partial charge in [0.1, 0.15) is 11.3 Å².